The van der Waals surface area contributed by atoms with Crippen molar-refractivity contribution in [2.45, 2.75) is 33.2 Å². The number of nitrogens with zero attached hydrogens (tertiary/aromatic N) is 2. The number of benzene rings is 1. The molecule has 130 valence electrons. The zero-order valence-corrected chi connectivity index (χ0v) is 15.4. The highest BCUT2D eigenvalue weighted by molar-refractivity contribution is 6.32. The van der Waals surface area contributed by atoms with E-state index in [0.29, 0.717) is 39.9 Å². The van der Waals surface area contributed by atoms with Crippen LogP contribution in [0.5, 0.6) is 11.5 Å². The van der Waals surface area contributed by atoms with Crippen LogP contribution < -0.4 is 20.1 Å². The van der Waals surface area contributed by atoms with Crippen molar-refractivity contribution in [3.8, 4) is 11.5 Å². The zero-order chi connectivity index (χ0) is 17.7. The molecule has 1 heterocycles. The van der Waals surface area contributed by atoms with E-state index in [-0.39, 0.29) is 0 Å². The molecule has 7 heteroatoms. The molecule has 0 aliphatic rings. The van der Waals surface area contributed by atoms with Crippen molar-refractivity contribution in [2.75, 3.05) is 24.9 Å². The van der Waals surface area contributed by atoms with Gasteiger partial charge >= 0.3 is 0 Å². The molecule has 2 rings (SSSR count). The lowest BCUT2D eigenvalue weighted by Gasteiger charge is -2.16. The molecule has 0 spiro atoms. The van der Waals surface area contributed by atoms with Crippen molar-refractivity contribution >= 4 is 28.9 Å². The monoisotopic (exact) mass is 350 g/mol. The molecule has 24 heavy (non-hydrogen) atoms. The maximum absolute atomic E-state index is 6.14. The molecule has 6 nitrogen and oxygen atoms in total. The van der Waals surface area contributed by atoms with Crippen LogP contribution in [0.1, 0.15) is 26.1 Å². The second-order valence-corrected chi connectivity index (χ2v) is 5.86. The van der Waals surface area contributed by atoms with Gasteiger partial charge in [-0.1, -0.05) is 18.5 Å². The largest absolute Gasteiger partial charge is 0.495 e. The van der Waals surface area contributed by atoms with Gasteiger partial charge < -0.3 is 20.1 Å². The Balaban J connectivity index is 2.33. The topological polar surface area (TPSA) is 68.3 Å². The first-order valence-electron chi connectivity index (χ1n) is 7.77. The van der Waals surface area contributed by atoms with Crippen LogP contribution in [0.2, 0.25) is 5.02 Å². The first kappa shape index (κ1) is 18.1. The van der Waals surface area contributed by atoms with Gasteiger partial charge in [0.2, 0.25) is 0 Å². The molecular weight excluding hydrogens is 328 g/mol. The number of nitrogens with one attached hydrogen (secondary N) is 2. The summed E-state index contributed by atoms with van der Waals surface area (Å²) >= 11 is 6.14. The van der Waals surface area contributed by atoms with Gasteiger partial charge in [-0.25, -0.2) is 9.97 Å². The van der Waals surface area contributed by atoms with Crippen molar-refractivity contribution in [3.63, 3.8) is 0 Å². The van der Waals surface area contributed by atoms with Crippen molar-refractivity contribution < 1.29 is 9.47 Å². The number of rotatable bonds is 7. The standard InChI is InChI=1S/C17H23ClN4O2/c1-6-10(2)19-16-9-17(21-11(3)20-16)22-13-8-14(23-4)12(18)7-15(13)24-5/h7-10H,6H2,1-5H3,(H2,19,20,21,22). The molecule has 0 bridgehead atoms. The lowest BCUT2D eigenvalue weighted by atomic mass is 10.2. The Morgan fingerprint density at radius 3 is 2.38 bits per heavy atom. The van der Waals surface area contributed by atoms with Gasteiger partial charge in [-0.15, -0.1) is 0 Å². The number of aryl methyl sites for hydroxylation is 1. The Kier molecular flexibility index (Phi) is 6.09. The van der Waals surface area contributed by atoms with Crippen molar-refractivity contribution in [1.82, 2.24) is 9.97 Å². The molecular formula is C17H23ClN4O2. The summed E-state index contributed by atoms with van der Waals surface area (Å²) in [5.41, 5.74) is 0.714. The third-order valence-electron chi connectivity index (χ3n) is 3.58. The molecule has 1 unspecified atom stereocenters. The summed E-state index contributed by atoms with van der Waals surface area (Å²) in [7, 11) is 3.16. The fraction of sp³-hybridized carbons (Fsp3) is 0.412. The lowest BCUT2D eigenvalue weighted by Crippen LogP contribution is -2.15. The minimum atomic E-state index is 0.331. The van der Waals surface area contributed by atoms with E-state index >= 15 is 0 Å². The van der Waals surface area contributed by atoms with Crippen LogP contribution in [0.4, 0.5) is 17.3 Å². The molecule has 0 amide bonds. The highest BCUT2D eigenvalue weighted by atomic mass is 35.5. The highest BCUT2D eigenvalue weighted by Gasteiger charge is 2.12. The van der Waals surface area contributed by atoms with E-state index in [9.17, 15) is 0 Å². The molecule has 0 fully saturated rings. The number of hydrogen-bond acceptors (Lipinski definition) is 6. The van der Waals surface area contributed by atoms with Gasteiger partial charge in [-0.05, 0) is 20.3 Å². The van der Waals surface area contributed by atoms with Crippen LogP contribution in [-0.4, -0.2) is 30.2 Å². The number of anilines is 3. The summed E-state index contributed by atoms with van der Waals surface area (Å²) in [6.07, 6.45) is 1.01. The molecule has 0 aliphatic carbocycles. The van der Waals surface area contributed by atoms with E-state index in [1.807, 2.05) is 13.0 Å². The van der Waals surface area contributed by atoms with E-state index in [2.05, 4.69) is 34.4 Å². The molecule has 1 aromatic carbocycles. The maximum Gasteiger partial charge on any atom is 0.144 e. The van der Waals surface area contributed by atoms with Crippen LogP contribution >= 0.6 is 11.6 Å². The Morgan fingerprint density at radius 1 is 1.08 bits per heavy atom. The number of methoxy groups -OCH3 is 2. The minimum absolute atomic E-state index is 0.331. The Bertz CT molecular complexity index is 709. The van der Waals surface area contributed by atoms with E-state index in [0.717, 1.165) is 12.2 Å². The number of ether oxygens (including phenoxy) is 2. The smallest absolute Gasteiger partial charge is 0.144 e. The fourth-order valence-corrected chi connectivity index (χ4v) is 2.39. The summed E-state index contributed by atoms with van der Waals surface area (Å²) in [6, 6.07) is 5.67. The fourth-order valence-electron chi connectivity index (χ4n) is 2.16. The first-order valence-corrected chi connectivity index (χ1v) is 8.15. The van der Waals surface area contributed by atoms with E-state index in [4.69, 9.17) is 21.1 Å². The minimum Gasteiger partial charge on any atom is -0.495 e. The van der Waals surface area contributed by atoms with Crippen LogP contribution in [0.3, 0.4) is 0 Å². The van der Waals surface area contributed by atoms with Crippen molar-refractivity contribution in [2.24, 2.45) is 0 Å². The molecule has 2 N–H and O–H groups in total. The summed E-state index contributed by atoms with van der Waals surface area (Å²) < 4.78 is 10.6. The third-order valence-corrected chi connectivity index (χ3v) is 3.88. The quantitative estimate of drug-likeness (QED) is 0.770. The van der Waals surface area contributed by atoms with Gasteiger partial charge in [0.05, 0.1) is 24.9 Å². The Hall–Kier alpha value is -2.21. The van der Waals surface area contributed by atoms with Gasteiger partial charge in [0.1, 0.15) is 29.0 Å². The van der Waals surface area contributed by atoms with Crippen LogP contribution in [0.25, 0.3) is 0 Å². The van der Waals surface area contributed by atoms with Gasteiger partial charge in [-0.3, -0.25) is 0 Å². The van der Waals surface area contributed by atoms with Gasteiger partial charge in [0.25, 0.3) is 0 Å². The van der Waals surface area contributed by atoms with Crippen molar-refractivity contribution in [1.29, 1.82) is 0 Å². The molecule has 0 radical (unpaired) electrons. The summed E-state index contributed by atoms with van der Waals surface area (Å²) in [6.45, 7) is 6.08. The third kappa shape index (κ3) is 4.41. The molecule has 0 saturated carbocycles. The summed E-state index contributed by atoms with van der Waals surface area (Å²) in [4.78, 5) is 8.84. The second-order valence-electron chi connectivity index (χ2n) is 5.45. The van der Waals surface area contributed by atoms with Gasteiger partial charge in [-0.2, -0.15) is 0 Å². The molecule has 0 saturated heterocycles. The van der Waals surface area contributed by atoms with Gasteiger partial charge in [0, 0.05) is 24.2 Å². The predicted octanol–water partition coefficient (Wildman–Crippen LogP) is 4.41. The van der Waals surface area contributed by atoms with E-state index in [1.165, 1.54) is 0 Å². The van der Waals surface area contributed by atoms with Crippen LogP contribution in [0.15, 0.2) is 18.2 Å². The number of aromatic nitrogens is 2. The zero-order valence-electron chi connectivity index (χ0n) is 14.6. The van der Waals surface area contributed by atoms with Crippen LogP contribution in [-0.2, 0) is 0 Å². The average molecular weight is 351 g/mol. The molecule has 0 aliphatic heterocycles. The highest BCUT2D eigenvalue weighted by Crippen LogP contribution is 2.37. The Labute approximate surface area is 147 Å². The predicted molar refractivity (Wildman–Crippen MR) is 98.0 cm³/mol. The first-order chi connectivity index (χ1) is 11.5. The SMILES string of the molecule is CCC(C)Nc1cc(Nc2cc(OC)c(Cl)cc2OC)nc(C)n1. The summed E-state index contributed by atoms with van der Waals surface area (Å²) in [5, 5.41) is 7.08. The summed E-state index contributed by atoms with van der Waals surface area (Å²) in [5.74, 6) is 3.28. The molecule has 2 aromatic rings. The molecule has 1 aromatic heterocycles. The lowest BCUT2D eigenvalue weighted by molar-refractivity contribution is 0.405. The average Bonchev–Trinajstić information content (AvgIpc) is 2.55. The normalized spacial score (nSPS) is 11.8. The number of hydrogen-bond donors (Lipinski definition) is 2. The number of halogens is 1. The van der Waals surface area contributed by atoms with Crippen LogP contribution in [0, 0.1) is 6.92 Å². The van der Waals surface area contributed by atoms with E-state index in [1.54, 1.807) is 26.4 Å². The van der Waals surface area contributed by atoms with E-state index < -0.39 is 0 Å². The second kappa shape index (κ2) is 8.06. The van der Waals surface area contributed by atoms with Crippen molar-refractivity contribution in [3.05, 3.63) is 29.0 Å². The maximum atomic E-state index is 6.14. The Morgan fingerprint density at radius 2 is 1.75 bits per heavy atom. The molecule has 1 atom stereocenters. The van der Waals surface area contributed by atoms with Gasteiger partial charge in [0.15, 0.2) is 0 Å².